The van der Waals surface area contributed by atoms with Gasteiger partial charge in [0.25, 0.3) is 0 Å². The van der Waals surface area contributed by atoms with Gasteiger partial charge < -0.3 is 9.84 Å². The molecule has 1 fully saturated rings. The van der Waals surface area contributed by atoms with Gasteiger partial charge in [-0.3, -0.25) is 4.90 Å². The van der Waals surface area contributed by atoms with Gasteiger partial charge in [0, 0.05) is 24.1 Å². The summed E-state index contributed by atoms with van der Waals surface area (Å²) in [7, 11) is 1.67. The van der Waals surface area contributed by atoms with E-state index in [0.29, 0.717) is 0 Å². The highest BCUT2D eigenvalue weighted by Gasteiger charge is 2.24. The van der Waals surface area contributed by atoms with Crippen LogP contribution >= 0.6 is 15.9 Å². The second-order valence-corrected chi connectivity index (χ2v) is 4.66. The van der Waals surface area contributed by atoms with E-state index < -0.39 is 0 Å². The predicted molar refractivity (Wildman–Crippen MR) is 62.0 cm³/mol. The number of methoxy groups -OCH3 is 1. The molecule has 15 heavy (non-hydrogen) atoms. The maximum atomic E-state index is 9.19. The van der Waals surface area contributed by atoms with Crippen LogP contribution in [0.1, 0.15) is 5.56 Å². The third kappa shape index (κ3) is 2.51. The molecule has 0 saturated carbocycles. The van der Waals surface area contributed by atoms with Gasteiger partial charge in [0.15, 0.2) is 0 Å². The van der Waals surface area contributed by atoms with Gasteiger partial charge in [-0.15, -0.1) is 0 Å². The van der Waals surface area contributed by atoms with Crippen LogP contribution in [0.2, 0.25) is 0 Å². The lowest BCUT2D eigenvalue weighted by molar-refractivity contribution is -0.00299. The van der Waals surface area contributed by atoms with Crippen molar-refractivity contribution in [2.75, 3.05) is 20.2 Å². The lowest BCUT2D eigenvalue weighted by atomic mass is 10.1. The second-order valence-electron chi connectivity index (χ2n) is 3.81. The van der Waals surface area contributed by atoms with Crippen molar-refractivity contribution < 1.29 is 9.84 Å². The zero-order valence-corrected chi connectivity index (χ0v) is 10.2. The first kappa shape index (κ1) is 10.9. The van der Waals surface area contributed by atoms with Crippen molar-refractivity contribution in [3.63, 3.8) is 0 Å². The van der Waals surface area contributed by atoms with E-state index in [4.69, 9.17) is 4.74 Å². The first-order valence-electron chi connectivity index (χ1n) is 4.92. The fourth-order valence-electron chi connectivity index (χ4n) is 1.71. The molecule has 0 aromatic heterocycles. The van der Waals surface area contributed by atoms with Crippen molar-refractivity contribution in [3.05, 3.63) is 28.2 Å². The third-order valence-electron chi connectivity index (χ3n) is 2.58. The van der Waals surface area contributed by atoms with Gasteiger partial charge in [-0.2, -0.15) is 0 Å². The number of aliphatic hydroxyl groups is 1. The van der Waals surface area contributed by atoms with Gasteiger partial charge in [0.2, 0.25) is 0 Å². The van der Waals surface area contributed by atoms with Crippen molar-refractivity contribution in [3.8, 4) is 5.75 Å². The molecular formula is C11H14BrNO2. The minimum Gasteiger partial charge on any atom is -0.497 e. The summed E-state index contributed by atoms with van der Waals surface area (Å²) in [6.07, 6.45) is -0.144. The minimum atomic E-state index is -0.144. The largest absolute Gasteiger partial charge is 0.497 e. The predicted octanol–water partition coefficient (Wildman–Crippen LogP) is 1.63. The van der Waals surface area contributed by atoms with E-state index in [1.54, 1.807) is 7.11 Å². The molecule has 1 saturated heterocycles. The Kier molecular flexibility index (Phi) is 3.29. The van der Waals surface area contributed by atoms with Crippen molar-refractivity contribution >= 4 is 15.9 Å². The summed E-state index contributed by atoms with van der Waals surface area (Å²) in [5, 5.41) is 9.19. The Balaban J connectivity index is 2.06. The number of rotatable bonds is 3. The number of hydrogen-bond acceptors (Lipinski definition) is 3. The molecule has 0 spiro atoms. The summed E-state index contributed by atoms with van der Waals surface area (Å²) < 4.78 is 6.26. The minimum absolute atomic E-state index is 0.144. The van der Waals surface area contributed by atoms with Gasteiger partial charge in [-0.25, -0.2) is 0 Å². The highest BCUT2D eigenvalue weighted by molar-refractivity contribution is 9.10. The Hall–Kier alpha value is -0.580. The summed E-state index contributed by atoms with van der Waals surface area (Å²) in [4.78, 5) is 2.20. The molecule has 1 aliphatic heterocycles. The van der Waals surface area contributed by atoms with Crippen LogP contribution in [0.5, 0.6) is 5.75 Å². The van der Waals surface area contributed by atoms with Crippen LogP contribution in [-0.2, 0) is 6.54 Å². The molecule has 0 unspecified atom stereocenters. The molecular weight excluding hydrogens is 258 g/mol. The normalized spacial score (nSPS) is 17.5. The standard InChI is InChI=1S/C11H14BrNO2/c1-15-10-2-3-11(12)8(4-10)5-13-6-9(14)7-13/h2-4,9,14H,5-7H2,1H3. The fraction of sp³-hybridized carbons (Fsp3) is 0.455. The maximum absolute atomic E-state index is 9.19. The molecule has 1 aromatic rings. The maximum Gasteiger partial charge on any atom is 0.119 e. The van der Waals surface area contributed by atoms with Crippen LogP contribution in [0.4, 0.5) is 0 Å². The fourth-order valence-corrected chi connectivity index (χ4v) is 2.08. The van der Waals surface area contributed by atoms with E-state index in [0.717, 1.165) is 29.9 Å². The molecule has 1 aliphatic rings. The summed E-state index contributed by atoms with van der Waals surface area (Å²) in [5.41, 5.74) is 1.20. The van der Waals surface area contributed by atoms with E-state index in [1.807, 2.05) is 18.2 Å². The van der Waals surface area contributed by atoms with Crippen molar-refractivity contribution in [2.24, 2.45) is 0 Å². The van der Waals surface area contributed by atoms with Gasteiger partial charge in [-0.05, 0) is 23.8 Å². The van der Waals surface area contributed by atoms with Crippen LogP contribution in [0, 0.1) is 0 Å². The van der Waals surface area contributed by atoms with E-state index in [2.05, 4.69) is 20.8 Å². The molecule has 4 heteroatoms. The number of aliphatic hydroxyl groups excluding tert-OH is 1. The summed E-state index contributed by atoms with van der Waals surface area (Å²) in [6, 6.07) is 5.94. The van der Waals surface area contributed by atoms with E-state index in [-0.39, 0.29) is 6.10 Å². The number of β-amino-alcohol motifs (C(OH)–C–C–N with tert-alkyl or cyclic N) is 1. The summed E-state index contributed by atoms with van der Waals surface area (Å²) in [5.74, 6) is 0.870. The number of benzene rings is 1. The van der Waals surface area contributed by atoms with Crippen LogP contribution in [0.3, 0.4) is 0 Å². The smallest absolute Gasteiger partial charge is 0.119 e. The SMILES string of the molecule is COc1ccc(Br)c(CN2CC(O)C2)c1. The van der Waals surface area contributed by atoms with Crippen LogP contribution in [0.15, 0.2) is 22.7 Å². The molecule has 0 amide bonds. The number of ether oxygens (including phenoxy) is 1. The number of nitrogens with zero attached hydrogens (tertiary/aromatic N) is 1. The Morgan fingerprint density at radius 3 is 2.87 bits per heavy atom. The van der Waals surface area contributed by atoms with Crippen LogP contribution in [0.25, 0.3) is 0 Å². The number of likely N-dealkylation sites (tertiary alicyclic amines) is 1. The van der Waals surface area contributed by atoms with Crippen LogP contribution in [-0.4, -0.2) is 36.3 Å². The summed E-state index contributed by atoms with van der Waals surface area (Å²) in [6.45, 7) is 2.39. The van der Waals surface area contributed by atoms with Crippen molar-refractivity contribution in [1.29, 1.82) is 0 Å². The highest BCUT2D eigenvalue weighted by atomic mass is 79.9. The zero-order chi connectivity index (χ0) is 10.8. The molecule has 0 bridgehead atoms. The van der Waals surface area contributed by atoms with Gasteiger partial charge in [-0.1, -0.05) is 15.9 Å². The Bertz CT molecular complexity index is 350. The van der Waals surface area contributed by atoms with Crippen LogP contribution < -0.4 is 4.74 Å². The third-order valence-corrected chi connectivity index (χ3v) is 3.36. The number of halogens is 1. The molecule has 3 nitrogen and oxygen atoms in total. The lowest BCUT2D eigenvalue weighted by Crippen LogP contribution is -2.49. The van der Waals surface area contributed by atoms with E-state index in [1.165, 1.54) is 5.56 Å². The van der Waals surface area contributed by atoms with E-state index in [9.17, 15) is 5.11 Å². The zero-order valence-electron chi connectivity index (χ0n) is 8.61. The molecule has 82 valence electrons. The van der Waals surface area contributed by atoms with Gasteiger partial charge in [0.1, 0.15) is 5.75 Å². The Morgan fingerprint density at radius 2 is 2.27 bits per heavy atom. The Morgan fingerprint density at radius 1 is 1.53 bits per heavy atom. The first-order valence-corrected chi connectivity index (χ1v) is 5.71. The highest BCUT2D eigenvalue weighted by Crippen LogP contribution is 2.25. The van der Waals surface area contributed by atoms with Crippen molar-refractivity contribution in [1.82, 2.24) is 4.90 Å². The second kappa shape index (κ2) is 4.51. The first-order chi connectivity index (χ1) is 7.19. The topological polar surface area (TPSA) is 32.7 Å². The number of hydrogen-bond donors (Lipinski definition) is 1. The molecule has 0 atom stereocenters. The molecule has 0 radical (unpaired) electrons. The molecule has 0 aliphatic carbocycles. The monoisotopic (exact) mass is 271 g/mol. The Labute approximate surface area is 97.8 Å². The summed E-state index contributed by atoms with van der Waals surface area (Å²) >= 11 is 3.51. The van der Waals surface area contributed by atoms with E-state index >= 15 is 0 Å². The molecule has 2 rings (SSSR count). The lowest BCUT2D eigenvalue weighted by Gasteiger charge is -2.36. The quantitative estimate of drug-likeness (QED) is 0.907. The molecule has 1 heterocycles. The van der Waals surface area contributed by atoms with Crippen molar-refractivity contribution in [2.45, 2.75) is 12.6 Å². The average molecular weight is 272 g/mol. The molecule has 1 aromatic carbocycles. The average Bonchev–Trinajstić information content (AvgIpc) is 2.19. The molecule has 1 N–H and O–H groups in total. The van der Waals surface area contributed by atoms with Gasteiger partial charge in [0.05, 0.1) is 13.2 Å². The van der Waals surface area contributed by atoms with Gasteiger partial charge >= 0.3 is 0 Å².